The van der Waals surface area contributed by atoms with Crippen LogP contribution >= 0.6 is 34.8 Å². The van der Waals surface area contributed by atoms with E-state index >= 15 is 0 Å². The van der Waals surface area contributed by atoms with Crippen LogP contribution in [-0.4, -0.2) is 11.4 Å². The minimum absolute atomic E-state index is 0.135. The molecule has 3 rings (SSSR count). The van der Waals surface area contributed by atoms with E-state index in [-0.39, 0.29) is 11.4 Å². The fourth-order valence-electron chi connectivity index (χ4n) is 2.90. The average molecular weight is 463 g/mol. The van der Waals surface area contributed by atoms with Crippen molar-refractivity contribution in [2.24, 2.45) is 0 Å². The highest BCUT2D eigenvalue weighted by Crippen LogP contribution is 2.34. The fourth-order valence-corrected chi connectivity index (χ4v) is 3.53. The summed E-state index contributed by atoms with van der Waals surface area (Å²) >= 11 is 18.6. The van der Waals surface area contributed by atoms with Crippen molar-refractivity contribution in [2.45, 2.75) is 32.4 Å². The lowest BCUT2D eigenvalue weighted by molar-refractivity contribution is 0.0919. The Balaban J connectivity index is 1.90. The molecule has 0 saturated heterocycles. The van der Waals surface area contributed by atoms with Gasteiger partial charge in [-0.15, -0.1) is 0 Å². The lowest BCUT2D eigenvalue weighted by atomic mass is 10.0. The highest BCUT2D eigenvalue weighted by atomic mass is 35.5. The first-order valence-corrected chi connectivity index (χ1v) is 10.6. The number of ether oxygens (including phenoxy) is 1. The maximum atomic E-state index is 12.4. The van der Waals surface area contributed by atoms with Crippen LogP contribution in [0.5, 0.6) is 5.75 Å². The van der Waals surface area contributed by atoms with Crippen LogP contribution in [0, 0.1) is 0 Å². The Labute approximate surface area is 191 Å². The Hall–Kier alpha value is -2.20. The summed E-state index contributed by atoms with van der Waals surface area (Å²) in [4.78, 5) is 12.4. The number of carbonyl (C=O) groups excluding carboxylic acids is 1. The van der Waals surface area contributed by atoms with Crippen LogP contribution in [-0.2, 0) is 0 Å². The normalized spacial score (nSPS) is 12.3. The lowest BCUT2D eigenvalue weighted by Crippen LogP contribution is -2.40. The monoisotopic (exact) mass is 461 g/mol. The van der Waals surface area contributed by atoms with E-state index in [9.17, 15) is 4.79 Å². The van der Waals surface area contributed by atoms with Crippen LogP contribution in [0.3, 0.4) is 0 Å². The molecule has 1 atom stereocenters. The number of carbonyl (C=O) groups is 1. The van der Waals surface area contributed by atoms with Crippen LogP contribution in [0.15, 0.2) is 66.7 Å². The summed E-state index contributed by atoms with van der Waals surface area (Å²) in [7, 11) is 0. The lowest BCUT2D eigenvalue weighted by Gasteiger charge is -2.22. The van der Waals surface area contributed by atoms with Gasteiger partial charge in [0, 0.05) is 31.7 Å². The molecule has 0 bridgehead atoms. The van der Waals surface area contributed by atoms with Gasteiger partial charge in [0.2, 0.25) is 0 Å². The first-order valence-electron chi connectivity index (χ1n) is 9.42. The molecule has 156 valence electrons. The molecule has 0 aliphatic carbocycles. The summed E-state index contributed by atoms with van der Waals surface area (Å²) < 4.78 is 6.28. The summed E-state index contributed by atoms with van der Waals surface area (Å²) in [5.74, 6) is 0.470. The van der Waals surface area contributed by atoms with Gasteiger partial charge in [0.1, 0.15) is 5.75 Å². The van der Waals surface area contributed by atoms with Gasteiger partial charge in [-0.1, -0.05) is 53.0 Å². The minimum atomic E-state index is -0.471. The van der Waals surface area contributed by atoms with E-state index in [1.54, 1.807) is 48.5 Å². The summed E-state index contributed by atoms with van der Waals surface area (Å²) in [6, 6.07) is 19.7. The van der Waals surface area contributed by atoms with Crippen molar-refractivity contribution in [3.63, 3.8) is 0 Å². The topological polar surface area (TPSA) is 38.3 Å². The molecule has 0 aliphatic rings. The van der Waals surface area contributed by atoms with Gasteiger partial charge in [-0.25, -0.2) is 0 Å². The predicted octanol–water partition coefficient (Wildman–Crippen LogP) is 7.34. The van der Waals surface area contributed by atoms with Crippen molar-refractivity contribution in [3.8, 4) is 5.75 Å². The zero-order chi connectivity index (χ0) is 21.9. The van der Waals surface area contributed by atoms with Crippen LogP contribution in [0.25, 0.3) is 0 Å². The molecule has 1 N–H and O–H groups in total. The van der Waals surface area contributed by atoms with Gasteiger partial charge < -0.3 is 10.1 Å². The third kappa shape index (κ3) is 5.91. The van der Waals surface area contributed by atoms with Gasteiger partial charge in [-0.3, -0.25) is 4.79 Å². The second-order valence-corrected chi connectivity index (χ2v) is 9.22. The zero-order valence-corrected chi connectivity index (χ0v) is 19.1. The van der Waals surface area contributed by atoms with Crippen LogP contribution in [0.2, 0.25) is 15.1 Å². The molecule has 0 aliphatic heterocycles. The molecular weight excluding hydrogens is 441 g/mol. The highest BCUT2D eigenvalue weighted by Gasteiger charge is 2.20. The van der Waals surface area contributed by atoms with Gasteiger partial charge >= 0.3 is 0 Å². The Morgan fingerprint density at radius 2 is 1.47 bits per heavy atom. The molecule has 30 heavy (non-hydrogen) atoms. The largest absolute Gasteiger partial charge is 0.481 e. The van der Waals surface area contributed by atoms with Crippen molar-refractivity contribution < 1.29 is 9.53 Å². The molecule has 0 spiro atoms. The van der Waals surface area contributed by atoms with Gasteiger partial charge in [0.25, 0.3) is 5.91 Å². The number of amides is 1. The molecular formula is C24H22Cl3NO2. The molecule has 0 radical (unpaired) electrons. The molecule has 1 amide bonds. The maximum absolute atomic E-state index is 12.4. The molecule has 1 unspecified atom stereocenters. The predicted molar refractivity (Wildman–Crippen MR) is 124 cm³/mol. The van der Waals surface area contributed by atoms with E-state index in [1.807, 2.05) is 39.0 Å². The number of nitrogens with one attached hydrogen (secondary N) is 1. The molecule has 0 fully saturated rings. The second kappa shape index (κ2) is 9.30. The molecule has 3 aromatic carbocycles. The fraction of sp³-hybridized carbons (Fsp3) is 0.208. The smallest absolute Gasteiger partial charge is 0.251 e. The molecule has 3 nitrogen and oxygen atoms in total. The highest BCUT2D eigenvalue weighted by molar-refractivity contribution is 6.35. The van der Waals surface area contributed by atoms with Crippen molar-refractivity contribution >= 4 is 40.7 Å². The van der Waals surface area contributed by atoms with Gasteiger partial charge in [0.05, 0.1) is 0 Å². The maximum Gasteiger partial charge on any atom is 0.251 e. The van der Waals surface area contributed by atoms with E-state index in [0.717, 1.165) is 11.1 Å². The molecule has 0 aromatic heterocycles. The number of hydrogen-bond donors (Lipinski definition) is 1. The Bertz CT molecular complexity index is 1030. The average Bonchev–Trinajstić information content (AvgIpc) is 2.66. The third-order valence-electron chi connectivity index (χ3n) is 4.28. The second-order valence-electron chi connectivity index (χ2n) is 7.94. The van der Waals surface area contributed by atoms with Crippen LogP contribution in [0.4, 0.5) is 0 Å². The minimum Gasteiger partial charge on any atom is -0.481 e. The molecule has 6 heteroatoms. The standard InChI is InChI=1S/C24H22Cl3NO2/c1-24(2,3)28-23(29)16-6-11-19(12-7-16)30-22(15-4-8-17(25)9-5-15)20-13-10-18(26)14-21(20)27/h4-14,22H,1-3H3,(H,28,29). The molecule has 0 saturated carbocycles. The first-order chi connectivity index (χ1) is 14.1. The van der Waals surface area contributed by atoms with Gasteiger partial charge in [-0.2, -0.15) is 0 Å². The van der Waals surface area contributed by atoms with E-state index in [2.05, 4.69) is 5.32 Å². The Kier molecular flexibility index (Phi) is 6.97. The van der Waals surface area contributed by atoms with E-state index in [0.29, 0.717) is 26.4 Å². The van der Waals surface area contributed by atoms with Crippen molar-refractivity contribution in [1.29, 1.82) is 0 Å². The SMILES string of the molecule is CC(C)(C)NC(=O)c1ccc(OC(c2ccc(Cl)cc2)c2ccc(Cl)cc2Cl)cc1. The number of hydrogen-bond acceptors (Lipinski definition) is 2. The summed E-state index contributed by atoms with van der Waals surface area (Å²) in [6.07, 6.45) is -0.471. The van der Waals surface area contributed by atoms with Gasteiger partial charge in [-0.05, 0) is 74.9 Å². The Morgan fingerprint density at radius 1 is 0.867 bits per heavy atom. The summed E-state index contributed by atoms with van der Waals surface area (Å²) in [5, 5.41) is 4.63. The summed E-state index contributed by atoms with van der Waals surface area (Å²) in [6.45, 7) is 5.82. The summed E-state index contributed by atoms with van der Waals surface area (Å²) in [5.41, 5.74) is 1.91. The van der Waals surface area contributed by atoms with E-state index in [4.69, 9.17) is 39.5 Å². The first kappa shape index (κ1) is 22.5. The quantitative estimate of drug-likeness (QED) is 0.430. The van der Waals surface area contributed by atoms with E-state index in [1.165, 1.54) is 0 Å². The number of rotatable bonds is 5. The number of halogens is 3. The number of benzene rings is 3. The Morgan fingerprint density at radius 3 is 2.03 bits per heavy atom. The van der Waals surface area contributed by atoms with E-state index < -0.39 is 6.10 Å². The van der Waals surface area contributed by atoms with Crippen LogP contribution in [0.1, 0.15) is 48.4 Å². The third-order valence-corrected chi connectivity index (χ3v) is 5.09. The van der Waals surface area contributed by atoms with Gasteiger partial charge in [0.15, 0.2) is 6.10 Å². The van der Waals surface area contributed by atoms with Crippen molar-refractivity contribution in [2.75, 3.05) is 0 Å². The molecule has 0 heterocycles. The van der Waals surface area contributed by atoms with Crippen molar-refractivity contribution in [1.82, 2.24) is 5.32 Å². The van der Waals surface area contributed by atoms with Crippen molar-refractivity contribution in [3.05, 3.63) is 98.5 Å². The van der Waals surface area contributed by atoms with Crippen LogP contribution < -0.4 is 10.1 Å². The zero-order valence-electron chi connectivity index (χ0n) is 16.9. The molecule has 3 aromatic rings.